The fourth-order valence-corrected chi connectivity index (χ4v) is 2.80. The average molecular weight is 398 g/mol. The summed E-state index contributed by atoms with van der Waals surface area (Å²) in [4.78, 5) is 23.9. The molecule has 0 aliphatic carbocycles. The van der Waals surface area contributed by atoms with Gasteiger partial charge in [0, 0.05) is 12.5 Å². The summed E-state index contributed by atoms with van der Waals surface area (Å²) in [7, 11) is 0. The molecule has 9 heteroatoms. The minimum absolute atomic E-state index is 0.0814. The highest BCUT2D eigenvalue weighted by molar-refractivity contribution is 5.91. The van der Waals surface area contributed by atoms with Crippen molar-refractivity contribution in [2.75, 3.05) is 13.4 Å². The van der Waals surface area contributed by atoms with Crippen LogP contribution in [0.1, 0.15) is 45.1 Å². The number of esters is 1. The molecule has 1 aliphatic rings. The number of hydrogen-bond acceptors (Lipinski definition) is 8. The van der Waals surface area contributed by atoms with E-state index >= 15 is 0 Å². The van der Waals surface area contributed by atoms with Gasteiger partial charge in [-0.15, -0.1) is 0 Å². The number of amides is 1. The molecule has 2 aromatic heterocycles. The molecule has 0 saturated heterocycles. The van der Waals surface area contributed by atoms with Crippen molar-refractivity contribution < 1.29 is 32.7 Å². The van der Waals surface area contributed by atoms with E-state index in [4.69, 9.17) is 23.2 Å². The Labute approximate surface area is 165 Å². The van der Waals surface area contributed by atoms with Crippen LogP contribution in [0.3, 0.4) is 0 Å². The first-order chi connectivity index (χ1) is 14.1. The van der Waals surface area contributed by atoms with E-state index < -0.39 is 11.9 Å². The zero-order valence-electron chi connectivity index (χ0n) is 15.6. The van der Waals surface area contributed by atoms with Gasteiger partial charge in [-0.3, -0.25) is 4.79 Å². The molecule has 0 spiro atoms. The molecule has 0 unspecified atom stereocenters. The van der Waals surface area contributed by atoms with Gasteiger partial charge in [-0.25, -0.2) is 4.79 Å². The highest BCUT2D eigenvalue weighted by Gasteiger charge is 2.17. The topological polar surface area (TPSA) is 113 Å². The lowest BCUT2D eigenvalue weighted by molar-refractivity contribution is 0.0488. The number of ether oxygens (including phenoxy) is 3. The van der Waals surface area contributed by atoms with Gasteiger partial charge in [0.2, 0.25) is 18.3 Å². The van der Waals surface area contributed by atoms with Crippen molar-refractivity contribution in [1.29, 1.82) is 0 Å². The standard InChI is InChI=1S/C20H18N2O7/c1-2-25-20(24)16-6-4-14(28-16)10-21-19(23)18-9-13(22-29-18)7-12-3-5-15-17(8-12)27-11-26-15/h3-6,8-9H,2,7,10-11H2,1H3,(H,21,23). The van der Waals surface area contributed by atoms with E-state index in [1.807, 2.05) is 18.2 Å². The van der Waals surface area contributed by atoms with Crippen LogP contribution >= 0.6 is 0 Å². The van der Waals surface area contributed by atoms with E-state index in [0.29, 0.717) is 29.4 Å². The van der Waals surface area contributed by atoms with Crippen molar-refractivity contribution in [3.05, 3.63) is 64.9 Å². The summed E-state index contributed by atoms with van der Waals surface area (Å²) in [5, 5.41) is 6.59. The van der Waals surface area contributed by atoms with Crippen LogP contribution in [0, 0.1) is 0 Å². The van der Waals surface area contributed by atoms with Crippen LogP contribution in [-0.4, -0.2) is 30.4 Å². The molecule has 150 valence electrons. The van der Waals surface area contributed by atoms with Crippen LogP contribution in [0.4, 0.5) is 0 Å². The van der Waals surface area contributed by atoms with E-state index in [1.165, 1.54) is 6.07 Å². The van der Waals surface area contributed by atoms with Crippen LogP contribution in [0.2, 0.25) is 0 Å². The van der Waals surface area contributed by atoms with Gasteiger partial charge in [0.25, 0.3) is 5.91 Å². The number of fused-ring (bicyclic) bond motifs is 1. The van der Waals surface area contributed by atoms with Gasteiger partial charge in [0.15, 0.2) is 11.5 Å². The molecular weight excluding hydrogens is 380 g/mol. The molecule has 9 nitrogen and oxygen atoms in total. The van der Waals surface area contributed by atoms with Crippen molar-refractivity contribution in [2.24, 2.45) is 0 Å². The summed E-state index contributed by atoms with van der Waals surface area (Å²) in [5.41, 5.74) is 1.56. The van der Waals surface area contributed by atoms with Gasteiger partial charge in [-0.1, -0.05) is 11.2 Å². The number of furan rings is 1. The Morgan fingerprint density at radius 2 is 1.97 bits per heavy atom. The summed E-state index contributed by atoms with van der Waals surface area (Å²) in [6.07, 6.45) is 0.481. The smallest absolute Gasteiger partial charge is 0.374 e. The van der Waals surface area contributed by atoms with Crippen LogP contribution < -0.4 is 14.8 Å². The maximum absolute atomic E-state index is 12.3. The van der Waals surface area contributed by atoms with E-state index in [1.54, 1.807) is 19.1 Å². The SMILES string of the molecule is CCOC(=O)c1ccc(CNC(=O)c2cc(Cc3ccc4c(c3)OCO4)no2)o1. The molecule has 0 saturated carbocycles. The fourth-order valence-electron chi connectivity index (χ4n) is 2.80. The molecule has 3 aromatic rings. The Kier molecular flexibility index (Phi) is 5.19. The van der Waals surface area contributed by atoms with Crippen LogP contribution in [-0.2, 0) is 17.7 Å². The maximum Gasteiger partial charge on any atom is 0.374 e. The summed E-state index contributed by atoms with van der Waals surface area (Å²) in [6.45, 7) is 2.27. The number of nitrogens with one attached hydrogen (secondary N) is 1. The molecule has 29 heavy (non-hydrogen) atoms. The second-order valence-electron chi connectivity index (χ2n) is 6.22. The molecule has 1 N–H and O–H groups in total. The molecule has 0 radical (unpaired) electrons. The van der Waals surface area contributed by atoms with Crippen LogP contribution in [0.15, 0.2) is 45.3 Å². The van der Waals surface area contributed by atoms with Crippen molar-refractivity contribution in [2.45, 2.75) is 19.9 Å². The van der Waals surface area contributed by atoms with Crippen molar-refractivity contribution >= 4 is 11.9 Å². The second kappa shape index (κ2) is 8.09. The highest BCUT2D eigenvalue weighted by Crippen LogP contribution is 2.33. The van der Waals surface area contributed by atoms with E-state index in [9.17, 15) is 9.59 Å². The minimum Gasteiger partial charge on any atom is -0.460 e. The summed E-state index contributed by atoms with van der Waals surface area (Å²) in [5.74, 6) is 0.987. The zero-order valence-corrected chi connectivity index (χ0v) is 15.6. The van der Waals surface area contributed by atoms with E-state index in [2.05, 4.69) is 10.5 Å². The molecule has 4 rings (SSSR count). The monoisotopic (exact) mass is 398 g/mol. The predicted molar refractivity (Wildman–Crippen MR) is 97.7 cm³/mol. The molecule has 0 bridgehead atoms. The third-order valence-electron chi connectivity index (χ3n) is 4.17. The zero-order chi connectivity index (χ0) is 20.2. The number of benzene rings is 1. The first-order valence-electron chi connectivity index (χ1n) is 9.00. The number of carbonyl (C=O) groups excluding carboxylic acids is 2. The highest BCUT2D eigenvalue weighted by atomic mass is 16.7. The summed E-state index contributed by atoms with van der Waals surface area (Å²) >= 11 is 0. The number of hydrogen-bond donors (Lipinski definition) is 1. The van der Waals surface area contributed by atoms with E-state index in [0.717, 1.165) is 5.56 Å². The van der Waals surface area contributed by atoms with Crippen molar-refractivity contribution in [3.63, 3.8) is 0 Å². The quantitative estimate of drug-likeness (QED) is 0.605. The Hall–Kier alpha value is -3.75. The van der Waals surface area contributed by atoms with Gasteiger partial charge in [0.1, 0.15) is 5.76 Å². The van der Waals surface area contributed by atoms with Crippen LogP contribution in [0.5, 0.6) is 11.5 Å². The predicted octanol–water partition coefficient (Wildman–Crippen LogP) is 2.69. The normalized spacial score (nSPS) is 12.0. The van der Waals surface area contributed by atoms with Crippen LogP contribution in [0.25, 0.3) is 0 Å². The Morgan fingerprint density at radius 1 is 1.10 bits per heavy atom. The average Bonchev–Trinajstić information content (AvgIpc) is 3.46. The first kappa shape index (κ1) is 18.6. The minimum atomic E-state index is -0.548. The third-order valence-corrected chi connectivity index (χ3v) is 4.17. The number of aromatic nitrogens is 1. The molecule has 0 fully saturated rings. The Bertz CT molecular complexity index is 1040. The van der Waals surface area contributed by atoms with Crippen molar-refractivity contribution in [3.8, 4) is 11.5 Å². The lowest BCUT2D eigenvalue weighted by Crippen LogP contribution is -2.22. The summed E-state index contributed by atoms with van der Waals surface area (Å²) in [6, 6.07) is 10.3. The van der Waals surface area contributed by atoms with Gasteiger partial charge < -0.3 is 28.5 Å². The second-order valence-corrected chi connectivity index (χ2v) is 6.22. The molecule has 3 heterocycles. The van der Waals surface area contributed by atoms with Gasteiger partial charge >= 0.3 is 5.97 Å². The molecule has 1 aliphatic heterocycles. The lowest BCUT2D eigenvalue weighted by Gasteiger charge is -2.00. The maximum atomic E-state index is 12.3. The van der Waals surface area contributed by atoms with Gasteiger partial charge in [-0.05, 0) is 36.8 Å². The third kappa shape index (κ3) is 4.23. The molecular formula is C20H18N2O7. The molecule has 0 atom stereocenters. The number of carbonyl (C=O) groups is 2. The Morgan fingerprint density at radius 3 is 2.83 bits per heavy atom. The Balaban J connectivity index is 1.33. The largest absolute Gasteiger partial charge is 0.460 e. The lowest BCUT2D eigenvalue weighted by atomic mass is 10.1. The number of nitrogens with zero attached hydrogens (tertiary/aromatic N) is 1. The van der Waals surface area contributed by atoms with Gasteiger partial charge in [0.05, 0.1) is 18.8 Å². The first-order valence-corrected chi connectivity index (χ1v) is 9.00. The van der Waals surface area contributed by atoms with Crippen molar-refractivity contribution in [1.82, 2.24) is 10.5 Å². The molecule has 1 aromatic carbocycles. The fraction of sp³-hybridized carbons (Fsp3) is 0.250. The van der Waals surface area contributed by atoms with Gasteiger partial charge in [-0.2, -0.15) is 0 Å². The number of rotatable bonds is 7. The molecule has 1 amide bonds. The summed E-state index contributed by atoms with van der Waals surface area (Å²) < 4.78 is 26.0. The van der Waals surface area contributed by atoms with E-state index in [-0.39, 0.29) is 31.5 Å².